The van der Waals surface area contributed by atoms with Crippen LogP contribution in [0.2, 0.25) is 0 Å². The number of urea groups is 1. The van der Waals surface area contributed by atoms with E-state index in [1.54, 1.807) is 14.0 Å². The van der Waals surface area contributed by atoms with Crippen molar-refractivity contribution in [3.63, 3.8) is 0 Å². The number of ether oxygens (including phenoxy) is 1. The summed E-state index contributed by atoms with van der Waals surface area (Å²) in [6.07, 6.45) is 1.94. The lowest BCUT2D eigenvalue weighted by Gasteiger charge is -2.09. The van der Waals surface area contributed by atoms with E-state index in [4.69, 9.17) is 4.74 Å². The van der Waals surface area contributed by atoms with E-state index in [0.29, 0.717) is 15.2 Å². The number of hydrogen-bond donors (Lipinski definition) is 3. The monoisotopic (exact) mass is 393 g/mol. The molecule has 1 aromatic carbocycles. The Hall–Kier alpha value is -2.33. The Bertz CT molecular complexity index is 794. The molecule has 26 heavy (non-hydrogen) atoms. The highest BCUT2D eigenvalue weighted by Crippen LogP contribution is 2.32. The first-order valence-corrected chi connectivity index (χ1v) is 9.76. The molecule has 3 rings (SSSR count). The van der Waals surface area contributed by atoms with Gasteiger partial charge < -0.3 is 15.4 Å². The number of rotatable bonds is 7. The third-order valence-electron chi connectivity index (χ3n) is 3.55. The number of anilines is 2. The van der Waals surface area contributed by atoms with Gasteiger partial charge in [0, 0.05) is 6.04 Å². The van der Waals surface area contributed by atoms with Gasteiger partial charge in [0.05, 0.1) is 18.0 Å². The molecule has 8 nitrogen and oxygen atoms in total. The predicted molar refractivity (Wildman–Crippen MR) is 101 cm³/mol. The zero-order valence-corrected chi connectivity index (χ0v) is 15.9. The number of carbonyl (C=O) groups is 2. The third kappa shape index (κ3) is 5.09. The van der Waals surface area contributed by atoms with Gasteiger partial charge in [0.2, 0.25) is 11.0 Å². The lowest BCUT2D eigenvalue weighted by atomic mass is 10.3. The minimum absolute atomic E-state index is 0.206. The molecular weight excluding hydrogens is 374 g/mol. The zero-order valence-electron chi connectivity index (χ0n) is 14.3. The van der Waals surface area contributed by atoms with E-state index in [9.17, 15) is 9.59 Å². The van der Waals surface area contributed by atoms with Crippen molar-refractivity contribution in [2.24, 2.45) is 0 Å². The predicted octanol–water partition coefficient (Wildman–Crippen LogP) is 2.76. The van der Waals surface area contributed by atoms with Gasteiger partial charge in [-0.1, -0.05) is 35.2 Å². The van der Waals surface area contributed by atoms with Gasteiger partial charge in [-0.3, -0.25) is 10.1 Å². The number of aromatic nitrogens is 2. The van der Waals surface area contributed by atoms with Crippen LogP contribution < -0.4 is 20.7 Å². The van der Waals surface area contributed by atoms with Gasteiger partial charge in [0.1, 0.15) is 5.75 Å². The largest absolute Gasteiger partial charge is 0.495 e. The molecule has 1 aliphatic rings. The van der Waals surface area contributed by atoms with E-state index in [-0.39, 0.29) is 11.9 Å². The van der Waals surface area contributed by atoms with E-state index < -0.39 is 11.3 Å². The van der Waals surface area contributed by atoms with Gasteiger partial charge in [0.15, 0.2) is 4.34 Å². The van der Waals surface area contributed by atoms with Crippen LogP contribution in [0.3, 0.4) is 0 Å². The molecule has 1 fully saturated rings. The number of nitrogens with one attached hydrogen (secondary N) is 3. The number of para-hydroxylation sites is 2. The van der Waals surface area contributed by atoms with Gasteiger partial charge >= 0.3 is 6.03 Å². The van der Waals surface area contributed by atoms with Crippen molar-refractivity contribution in [3.05, 3.63) is 24.3 Å². The van der Waals surface area contributed by atoms with Gasteiger partial charge in [-0.15, -0.1) is 10.2 Å². The van der Waals surface area contributed by atoms with E-state index in [1.807, 2.05) is 24.3 Å². The van der Waals surface area contributed by atoms with Crippen LogP contribution in [-0.2, 0) is 4.79 Å². The standard InChI is InChI=1S/C16H19N5O3S2/c1-9(13(22)19-14(23)17-10-7-8-10)25-16-21-20-15(26-16)18-11-5-3-4-6-12(11)24-2/h3-6,9-10H,7-8H2,1-2H3,(H,18,20)(H2,17,19,22,23)/t9-/m1/s1. The maximum Gasteiger partial charge on any atom is 0.321 e. The molecule has 0 aliphatic heterocycles. The first-order chi connectivity index (χ1) is 12.5. The summed E-state index contributed by atoms with van der Waals surface area (Å²) in [5.74, 6) is 0.342. The SMILES string of the molecule is COc1ccccc1Nc1nnc(S[C@H](C)C(=O)NC(=O)NC2CC2)s1. The number of amides is 3. The Morgan fingerprint density at radius 3 is 2.81 bits per heavy atom. The van der Waals surface area contributed by atoms with Gasteiger partial charge in [-0.2, -0.15) is 0 Å². The molecule has 0 radical (unpaired) electrons. The minimum Gasteiger partial charge on any atom is -0.495 e. The van der Waals surface area contributed by atoms with E-state index in [1.165, 1.54) is 23.1 Å². The number of imide groups is 1. The molecule has 1 saturated carbocycles. The fraction of sp³-hybridized carbons (Fsp3) is 0.375. The molecule has 2 aromatic rings. The molecule has 1 atom stereocenters. The highest BCUT2D eigenvalue weighted by atomic mass is 32.2. The summed E-state index contributed by atoms with van der Waals surface area (Å²) >= 11 is 2.58. The summed E-state index contributed by atoms with van der Waals surface area (Å²) in [6, 6.07) is 7.25. The number of methoxy groups -OCH3 is 1. The highest BCUT2D eigenvalue weighted by molar-refractivity contribution is 8.02. The second-order valence-corrected chi connectivity index (χ2v) is 8.26. The van der Waals surface area contributed by atoms with Crippen molar-refractivity contribution >= 4 is 45.9 Å². The average molecular weight is 393 g/mol. The summed E-state index contributed by atoms with van der Waals surface area (Å²) in [5.41, 5.74) is 0.783. The van der Waals surface area contributed by atoms with E-state index >= 15 is 0 Å². The topological polar surface area (TPSA) is 105 Å². The first kappa shape index (κ1) is 18.5. The molecule has 1 aromatic heterocycles. The quantitative estimate of drug-likeness (QED) is 0.621. The molecule has 1 heterocycles. The van der Waals surface area contributed by atoms with Crippen LogP contribution >= 0.6 is 23.1 Å². The molecule has 3 N–H and O–H groups in total. The Morgan fingerprint density at radius 2 is 2.08 bits per heavy atom. The highest BCUT2D eigenvalue weighted by Gasteiger charge is 2.25. The van der Waals surface area contributed by atoms with Crippen molar-refractivity contribution in [2.75, 3.05) is 12.4 Å². The molecule has 0 unspecified atom stereocenters. The van der Waals surface area contributed by atoms with Crippen molar-refractivity contribution in [3.8, 4) is 5.75 Å². The Kier molecular flexibility index (Phi) is 5.94. The Morgan fingerprint density at radius 1 is 1.31 bits per heavy atom. The van der Waals surface area contributed by atoms with Gasteiger partial charge in [-0.25, -0.2) is 4.79 Å². The first-order valence-electron chi connectivity index (χ1n) is 8.06. The fourth-order valence-corrected chi connectivity index (χ4v) is 3.95. The Labute approximate surface area is 159 Å². The van der Waals surface area contributed by atoms with Crippen LogP contribution in [0.15, 0.2) is 28.6 Å². The maximum absolute atomic E-state index is 12.1. The van der Waals surface area contributed by atoms with Crippen LogP contribution in [0.25, 0.3) is 0 Å². The summed E-state index contributed by atoms with van der Waals surface area (Å²) in [6.45, 7) is 1.72. The minimum atomic E-state index is -0.466. The molecule has 10 heteroatoms. The molecular formula is C16H19N5O3S2. The summed E-state index contributed by atoms with van der Waals surface area (Å²) in [7, 11) is 1.60. The van der Waals surface area contributed by atoms with Gasteiger partial charge in [0.25, 0.3) is 0 Å². The summed E-state index contributed by atoms with van der Waals surface area (Å²) in [4.78, 5) is 23.7. The second kappa shape index (κ2) is 8.37. The summed E-state index contributed by atoms with van der Waals surface area (Å²) < 4.78 is 5.92. The maximum atomic E-state index is 12.1. The smallest absolute Gasteiger partial charge is 0.321 e. The number of thioether (sulfide) groups is 1. The van der Waals surface area contributed by atoms with Gasteiger partial charge in [-0.05, 0) is 31.9 Å². The van der Waals surface area contributed by atoms with Crippen molar-refractivity contribution < 1.29 is 14.3 Å². The van der Waals surface area contributed by atoms with Crippen LogP contribution in [-0.4, -0.2) is 40.5 Å². The lowest BCUT2D eigenvalue weighted by Crippen LogP contribution is -2.43. The van der Waals surface area contributed by atoms with Crippen molar-refractivity contribution in [1.82, 2.24) is 20.8 Å². The second-order valence-electron chi connectivity index (χ2n) is 5.70. The normalized spacial score (nSPS) is 14.4. The average Bonchev–Trinajstić information content (AvgIpc) is 3.33. The van der Waals surface area contributed by atoms with Crippen molar-refractivity contribution in [2.45, 2.75) is 35.4 Å². The fourth-order valence-electron chi connectivity index (χ4n) is 2.04. The Balaban J connectivity index is 1.53. The van der Waals surface area contributed by atoms with Crippen LogP contribution in [0, 0.1) is 0 Å². The molecule has 138 valence electrons. The molecule has 0 spiro atoms. The zero-order chi connectivity index (χ0) is 18.5. The third-order valence-corrected chi connectivity index (χ3v) is 5.57. The lowest BCUT2D eigenvalue weighted by molar-refractivity contribution is -0.119. The summed E-state index contributed by atoms with van der Waals surface area (Å²) in [5, 5.41) is 16.5. The molecule has 0 saturated heterocycles. The van der Waals surface area contributed by atoms with E-state index in [0.717, 1.165) is 18.5 Å². The molecule has 1 aliphatic carbocycles. The van der Waals surface area contributed by atoms with E-state index in [2.05, 4.69) is 26.1 Å². The van der Waals surface area contributed by atoms with Crippen molar-refractivity contribution in [1.29, 1.82) is 0 Å². The number of hydrogen-bond acceptors (Lipinski definition) is 8. The van der Waals surface area contributed by atoms with Crippen LogP contribution in [0.5, 0.6) is 5.75 Å². The number of benzene rings is 1. The van der Waals surface area contributed by atoms with Crippen LogP contribution in [0.4, 0.5) is 15.6 Å². The number of nitrogens with zero attached hydrogens (tertiary/aromatic N) is 2. The number of carbonyl (C=O) groups excluding carboxylic acids is 2. The molecule has 0 bridgehead atoms. The van der Waals surface area contributed by atoms with Crippen LogP contribution in [0.1, 0.15) is 19.8 Å². The molecule has 3 amide bonds.